The van der Waals surface area contributed by atoms with Crippen LogP contribution in [0.1, 0.15) is 35.0 Å². The first-order chi connectivity index (χ1) is 11.4. The van der Waals surface area contributed by atoms with Crippen LogP contribution in [0.15, 0.2) is 22.2 Å². The standard InChI is InChI=1S/C15H14F3N3O2S/c1-2-8-3-4-19-12(15(16,17)18)10(8)7-24-14-20-11-6-23-5-9(11)13(22)21-14/h3-4H,2,5-7H2,1H3,(H,20,21,22). The van der Waals surface area contributed by atoms with Gasteiger partial charge in [0.2, 0.25) is 0 Å². The first-order valence-electron chi connectivity index (χ1n) is 7.26. The number of thioether (sulfide) groups is 1. The lowest BCUT2D eigenvalue weighted by Gasteiger charge is -2.14. The Balaban J connectivity index is 1.90. The molecule has 2 aromatic rings. The number of pyridine rings is 1. The summed E-state index contributed by atoms with van der Waals surface area (Å²) in [4.78, 5) is 22.3. The Bertz CT molecular complexity index is 821. The third-order valence-corrected chi connectivity index (χ3v) is 4.62. The monoisotopic (exact) mass is 357 g/mol. The summed E-state index contributed by atoms with van der Waals surface area (Å²) in [5, 5.41) is 0.281. The van der Waals surface area contributed by atoms with Crippen molar-refractivity contribution in [2.75, 3.05) is 0 Å². The van der Waals surface area contributed by atoms with E-state index < -0.39 is 11.9 Å². The van der Waals surface area contributed by atoms with Gasteiger partial charge in [0.15, 0.2) is 5.16 Å². The molecule has 0 aromatic carbocycles. The summed E-state index contributed by atoms with van der Waals surface area (Å²) >= 11 is 1.05. The SMILES string of the molecule is CCc1ccnc(C(F)(F)F)c1CSc1nc2c(c(=O)[nH]1)COC2. The molecule has 3 heterocycles. The van der Waals surface area contributed by atoms with Gasteiger partial charge in [0, 0.05) is 11.9 Å². The van der Waals surface area contributed by atoms with E-state index in [4.69, 9.17) is 4.74 Å². The lowest BCUT2D eigenvalue weighted by Crippen LogP contribution is -2.16. The minimum absolute atomic E-state index is 0.0223. The Hall–Kier alpha value is -1.87. The molecule has 0 fully saturated rings. The second-order valence-corrected chi connectivity index (χ2v) is 6.19. The molecule has 128 valence electrons. The average Bonchev–Trinajstić information content (AvgIpc) is 3.00. The van der Waals surface area contributed by atoms with Gasteiger partial charge in [-0.2, -0.15) is 13.2 Å². The Morgan fingerprint density at radius 3 is 2.88 bits per heavy atom. The molecule has 9 heteroatoms. The molecule has 0 radical (unpaired) electrons. The maximum absolute atomic E-state index is 13.2. The van der Waals surface area contributed by atoms with Crippen molar-refractivity contribution < 1.29 is 17.9 Å². The number of aryl methyl sites for hydroxylation is 1. The van der Waals surface area contributed by atoms with Crippen molar-refractivity contribution in [3.8, 4) is 0 Å². The fraction of sp³-hybridized carbons (Fsp3) is 0.400. The molecule has 5 nitrogen and oxygen atoms in total. The number of rotatable bonds is 4. The van der Waals surface area contributed by atoms with Gasteiger partial charge in [0.1, 0.15) is 5.69 Å². The smallest absolute Gasteiger partial charge is 0.370 e. The van der Waals surface area contributed by atoms with Crippen LogP contribution in [0, 0.1) is 0 Å². The lowest BCUT2D eigenvalue weighted by atomic mass is 10.1. The van der Waals surface area contributed by atoms with E-state index in [2.05, 4.69) is 15.0 Å². The Kier molecular flexibility index (Phi) is 4.64. The molecule has 0 unspecified atom stereocenters. The minimum Gasteiger partial charge on any atom is -0.370 e. The summed E-state index contributed by atoms with van der Waals surface area (Å²) in [5.41, 5.74) is 0.526. The van der Waals surface area contributed by atoms with Crippen LogP contribution in [-0.2, 0) is 36.3 Å². The van der Waals surface area contributed by atoms with Crippen LogP contribution in [0.4, 0.5) is 13.2 Å². The minimum atomic E-state index is -4.52. The summed E-state index contributed by atoms with van der Waals surface area (Å²) in [7, 11) is 0. The normalized spacial score (nSPS) is 14.0. The zero-order chi connectivity index (χ0) is 17.3. The van der Waals surface area contributed by atoms with Crippen molar-refractivity contribution in [3.05, 3.63) is 50.7 Å². The van der Waals surface area contributed by atoms with E-state index >= 15 is 0 Å². The number of hydrogen-bond acceptors (Lipinski definition) is 5. The number of aromatic nitrogens is 3. The van der Waals surface area contributed by atoms with E-state index in [1.165, 1.54) is 6.20 Å². The summed E-state index contributed by atoms with van der Waals surface area (Å²) in [6.07, 6.45) is -2.89. The highest BCUT2D eigenvalue weighted by Gasteiger charge is 2.36. The molecule has 1 N–H and O–H groups in total. The van der Waals surface area contributed by atoms with Gasteiger partial charge in [0.05, 0.1) is 24.5 Å². The predicted molar refractivity (Wildman–Crippen MR) is 81.5 cm³/mol. The summed E-state index contributed by atoms with van der Waals surface area (Å²) < 4.78 is 44.7. The molecule has 0 aliphatic carbocycles. The molecule has 1 aliphatic heterocycles. The van der Waals surface area contributed by atoms with E-state index in [1.807, 2.05) is 0 Å². The van der Waals surface area contributed by atoms with Gasteiger partial charge in [-0.1, -0.05) is 18.7 Å². The topological polar surface area (TPSA) is 67.9 Å². The number of ether oxygens (including phenoxy) is 1. The summed E-state index contributed by atoms with van der Waals surface area (Å²) in [6.45, 7) is 2.24. The first kappa shape index (κ1) is 17.0. The van der Waals surface area contributed by atoms with Crippen LogP contribution in [0.5, 0.6) is 0 Å². The molecule has 2 aromatic heterocycles. The molecular weight excluding hydrogens is 343 g/mol. The van der Waals surface area contributed by atoms with Crippen molar-refractivity contribution in [3.63, 3.8) is 0 Å². The van der Waals surface area contributed by atoms with Crippen molar-refractivity contribution in [1.82, 2.24) is 15.0 Å². The van der Waals surface area contributed by atoms with E-state index in [0.717, 1.165) is 11.8 Å². The highest BCUT2D eigenvalue weighted by atomic mass is 32.2. The molecule has 0 amide bonds. The largest absolute Gasteiger partial charge is 0.433 e. The highest BCUT2D eigenvalue weighted by Crippen LogP contribution is 2.34. The molecule has 3 rings (SSSR count). The van der Waals surface area contributed by atoms with Crippen molar-refractivity contribution >= 4 is 11.8 Å². The Labute approximate surface area is 139 Å². The van der Waals surface area contributed by atoms with Gasteiger partial charge in [-0.3, -0.25) is 9.78 Å². The second kappa shape index (κ2) is 6.56. The number of nitrogens with one attached hydrogen (secondary N) is 1. The number of hydrogen-bond donors (Lipinski definition) is 1. The van der Waals surface area contributed by atoms with E-state index in [0.29, 0.717) is 23.2 Å². The zero-order valence-electron chi connectivity index (χ0n) is 12.7. The van der Waals surface area contributed by atoms with Gasteiger partial charge in [-0.05, 0) is 23.6 Å². The number of alkyl halides is 3. The molecule has 24 heavy (non-hydrogen) atoms. The van der Waals surface area contributed by atoms with Crippen LogP contribution < -0.4 is 5.56 Å². The van der Waals surface area contributed by atoms with Gasteiger partial charge in [-0.15, -0.1) is 0 Å². The van der Waals surface area contributed by atoms with Crippen LogP contribution in [0.3, 0.4) is 0 Å². The Morgan fingerprint density at radius 1 is 1.38 bits per heavy atom. The number of H-pyrrole nitrogens is 1. The van der Waals surface area contributed by atoms with Gasteiger partial charge in [-0.25, -0.2) is 4.98 Å². The fourth-order valence-corrected chi connectivity index (χ4v) is 3.46. The zero-order valence-corrected chi connectivity index (χ0v) is 13.6. The summed E-state index contributed by atoms with van der Waals surface area (Å²) in [5.74, 6) is 0.0223. The number of fused-ring (bicyclic) bond motifs is 1. The van der Waals surface area contributed by atoms with Crippen molar-refractivity contribution in [1.29, 1.82) is 0 Å². The van der Waals surface area contributed by atoms with E-state index in [-0.39, 0.29) is 35.2 Å². The number of nitrogens with zero attached hydrogens (tertiary/aromatic N) is 2. The van der Waals surface area contributed by atoms with Crippen LogP contribution in [-0.4, -0.2) is 15.0 Å². The molecule has 0 atom stereocenters. The Morgan fingerprint density at radius 2 is 2.17 bits per heavy atom. The molecule has 0 saturated heterocycles. The fourth-order valence-electron chi connectivity index (χ4n) is 2.52. The molecular formula is C15H14F3N3O2S. The van der Waals surface area contributed by atoms with Gasteiger partial charge >= 0.3 is 6.18 Å². The average molecular weight is 357 g/mol. The molecule has 0 saturated carbocycles. The maximum Gasteiger partial charge on any atom is 0.433 e. The van der Waals surface area contributed by atoms with E-state index in [9.17, 15) is 18.0 Å². The maximum atomic E-state index is 13.2. The predicted octanol–water partition coefficient (Wildman–Crippen LogP) is 3.07. The lowest BCUT2D eigenvalue weighted by molar-refractivity contribution is -0.141. The van der Waals surface area contributed by atoms with E-state index in [1.54, 1.807) is 13.0 Å². The van der Waals surface area contributed by atoms with Crippen molar-refractivity contribution in [2.45, 2.75) is 43.6 Å². The van der Waals surface area contributed by atoms with Crippen LogP contribution in [0.25, 0.3) is 0 Å². The second-order valence-electron chi connectivity index (χ2n) is 5.23. The highest BCUT2D eigenvalue weighted by molar-refractivity contribution is 7.98. The first-order valence-corrected chi connectivity index (χ1v) is 8.25. The van der Waals surface area contributed by atoms with Crippen LogP contribution >= 0.6 is 11.8 Å². The molecule has 0 spiro atoms. The van der Waals surface area contributed by atoms with Gasteiger partial charge < -0.3 is 9.72 Å². The number of halogens is 3. The number of aromatic amines is 1. The summed E-state index contributed by atoms with van der Waals surface area (Å²) in [6, 6.07) is 1.58. The van der Waals surface area contributed by atoms with Crippen molar-refractivity contribution in [2.24, 2.45) is 0 Å². The third kappa shape index (κ3) is 3.32. The quantitative estimate of drug-likeness (QED) is 0.673. The molecule has 0 bridgehead atoms. The third-order valence-electron chi connectivity index (χ3n) is 3.72. The van der Waals surface area contributed by atoms with Gasteiger partial charge in [0.25, 0.3) is 5.56 Å². The molecule has 1 aliphatic rings. The van der Waals surface area contributed by atoms with Crippen LogP contribution in [0.2, 0.25) is 0 Å².